The second kappa shape index (κ2) is 8.67. The van der Waals surface area contributed by atoms with E-state index in [-0.39, 0.29) is 18.6 Å². The number of aliphatic hydroxyl groups excluding tert-OH is 1. The Kier molecular flexibility index (Phi) is 7.15. The van der Waals surface area contributed by atoms with Crippen LogP contribution in [0.25, 0.3) is 0 Å². The first kappa shape index (κ1) is 15.7. The van der Waals surface area contributed by atoms with Crippen LogP contribution in [0.5, 0.6) is 0 Å². The summed E-state index contributed by atoms with van der Waals surface area (Å²) in [6.07, 6.45) is 2.84. The molecule has 106 valence electrons. The molecule has 1 unspecified atom stereocenters. The summed E-state index contributed by atoms with van der Waals surface area (Å²) in [4.78, 5) is 11.6. The number of ether oxygens (including phenoxy) is 1. The van der Waals surface area contributed by atoms with Crippen LogP contribution in [0, 0.1) is 0 Å². The summed E-state index contributed by atoms with van der Waals surface area (Å²) in [5.41, 5.74) is 1.97. The number of hydrogen-bond donors (Lipinski definition) is 2. The summed E-state index contributed by atoms with van der Waals surface area (Å²) in [5.74, 6) is -0.208. The molecule has 0 fully saturated rings. The van der Waals surface area contributed by atoms with Gasteiger partial charge in [0, 0.05) is 6.54 Å². The highest BCUT2D eigenvalue weighted by Gasteiger charge is 2.17. The molecule has 0 aromatic heterocycles. The molecule has 1 aromatic carbocycles. The van der Waals surface area contributed by atoms with Crippen LogP contribution in [0.15, 0.2) is 24.3 Å². The Morgan fingerprint density at radius 2 is 1.95 bits per heavy atom. The zero-order valence-electron chi connectivity index (χ0n) is 11.7. The van der Waals surface area contributed by atoms with Crippen molar-refractivity contribution < 1.29 is 14.6 Å². The van der Waals surface area contributed by atoms with Gasteiger partial charge in [0.25, 0.3) is 0 Å². The Labute approximate surface area is 114 Å². The quantitative estimate of drug-likeness (QED) is 0.706. The van der Waals surface area contributed by atoms with Crippen molar-refractivity contribution in [3.63, 3.8) is 0 Å². The zero-order valence-corrected chi connectivity index (χ0v) is 11.7. The third-order valence-electron chi connectivity index (χ3n) is 3.09. The van der Waals surface area contributed by atoms with Gasteiger partial charge in [-0.2, -0.15) is 0 Å². The van der Waals surface area contributed by atoms with Gasteiger partial charge in [0.05, 0.1) is 13.7 Å². The van der Waals surface area contributed by atoms with E-state index in [1.54, 1.807) is 0 Å². The van der Waals surface area contributed by atoms with Gasteiger partial charge in [-0.05, 0) is 17.5 Å². The van der Waals surface area contributed by atoms with Crippen LogP contribution in [0.2, 0.25) is 0 Å². The van der Waals surface area contributed by atoms with E-state index in [0.717, 1.165) is 30.4 Å². The molecule has 0 saturated carbocycles. The van der Waals surface area contributed by atoms with Crippen LogP contribution in [-0.2, 0) is 22.7 Å². The Morgan fingerprint density at radius 1 is 1.32 bits per heavy atom. The van der Waals surface area contributed by atoms with Crippen LogP contribution in [0.4, 0.5) is 0 Å². The molecule has 19 heavy (non-hydrogen) atoms. The Hall–Kier alpha value is -1.39. The maximum Gasteiger partial charge on any atom is 0.322 e. The van der Waals surface area contributed by atoms with Gasteiger partial charge in [0.15, 0.2) is 0 Å². The fraction of sp³-hybridized carbons (Fsp3) is 0.533. The lowest BCUT2D eigenvalue weighted by molar-refractivity contribution is -0.143. The van der Waals surface area contributed by atoms with Crippen molar-refractivity contribution in [1.82, 2.24) is 5.32 Å². The average Bonchev–Trinajstić information content (AvgIpc) is 2.47. The van der Waals surface area contributed by atoms with E-state index in [2.05, 4.69) is 12.2 Å². The summed E-state index contributed by atoms with van der Waals surface area (Å²) in [7, 11) is 1.42. The van der Waals surface area contributed by atoms with Crippen LogP contribution >= 0.6 is 0 Å². The van der Waals surface area contributed by atoms with Crippen molar-refractivity contribution in [2.45, 2.75) is 45.4 Å². The van der Waals surface area contributed by atoms with Gasteiger partial charge in [0.2, 0.25) is 0 Å². The van der Waals surface area contributed by atoms with Crippen molar-refractivity contribution in [1.29, 1.82) is 0 Å². The number of unbranched alkanes of at least 4 members (excludes halogenated alkanes) is 1. The molecule has 0 spiro atoms. The number of benzene rings is 1. The molecule has 0 aliphatic heterocycles. The number of hydrogen-bond acceptors (Lipinski definition) is 4. The topological polar surface area (TPSA) is 58.6 Å². The summed E-state index contributed by atoms with van der Waals surface area (Å²) in [6.45, 7) is 2.77. The normalized spacial score (nSPS) is 12.2. The minimum Gasteiger partial charge on any atom is -0.468 e. The SMILES string of the molecule is CCCCC(NCc1ccc(CO)cc1)C(=O)OC. The molecule has 1 aromatic rings. The highest BCUT2D eigenvalue weighted by molar-refractivity contribution is 5.75. The number of carbonyl (C=O) groups excluding carboxylic acids is 1. The molecule has 0 saturated heterocycles. The van der Waals surface area contributed by atoms with E-state index in [0.29, 0.717) is 6.54 Å². The molecular formula is C15H23NO3. The predicted molar refractivity (Wildman–Crippen MR) is 74.5 cm³/mol. The summed E-state index contributed by atoms with van der Waals surface area (Å²) < 4.78 is 4.80. The van der Waals surface area contributed by atoms with Crippen LogP contribution in [-0.4, -0.2) is 24.2 Å². The van der Waals surface area contributed by atoms with Gasteiger partial charge in [-0.25, -0.2) is 0 Å². The van der Waals surface area contributed by atoms with Crippen molar-refractivity contribution >= 4 is 5.97 Å². The summed E-state index contributed by atoms with van der Waals surface area (Å²) in [5, 5.41) is 12.2. The van der Waals surface area contributed by atoms with Crippen LogP contribution in [0.1, 0.15) is 37.3 Å². The van der Waals surface area contributed by atoms with Crippen molar-refractivity contribution in [2.24, 2.45) is 0 Å². The minimum absolute atomic E-state index is 0.0506. The van der Waals surface area contributed by atoms with E-state index in [9.17, 15) is 4.79 Å². The Bertz CT molecular complexity index is 375. The standard InChI is InChI=1S/C15H23NO3/c1-3-4-5-14(15(18)19-2)16-10-12-6-8-13(11-17)9-7-12/h6-9,14,16-17H,3-5,10-11H2,1-2H3. The zero-order chi connectivity index (χ0) is 14.1. The Balaban J connectivity index is 2.51. The largest absolute Gasteiger partial charge is 0.468 e. The van der Waals surface area contributed by atoms with Gasteiger partial charge < -0.3 is 15.2 Å². The lowest BCUT2D eigenvalue weighted by Gasteiger charge is -2.16. The lowest BCUT2D eigenvalue weighted by Crippen LogP contribution is -2.37. The number of rotatable bonds is 8. The van der Waals surface area contributed by atoms with E-state index in [1.165, 1.54) is 7.11 Å². The van der Waals surface area contributed by atoms with Gasteiger partial charge in [-0.1, -0.05) is 44.0 Å². The molecule has 0 amide bonds. The fourth-order valence-corrected chi connectivity index (χ4v) is 1.86. The smallest absolute Gasteiger partial charge is 0.322 e. The maximum atomic E-state index is 11.6. The predicted octanol–water partition coefficient (Wildman–Crippen LogP) is 2.00. The molecule has 0 aliphatic rings. The van der Waals surface area contributed by atoms with Crippen molar-refractivity contribution in [2.75, 3.05) is 7.11 Å². The molecule has 1 rings (SSSR count). The molecule has 0 radical (unpaired) electrons. The molecule has 0 bridgehead atoms. The van der Waals surface area contributed by atoms with Crippen LogP contribution in [0.3, 0.4) is 0 Å². The second-order valence-electron chi connectivity index (χ2n) is 4.57. The molecule has 2 N–H and O–H groups in total. The first-order valence-corrected chi connectivity index (χ1v) is 6.71. The van der Waals surface area contributed by atoms with E-state index >= 15 is 0 Å². The molecule has 0 heterocycles. The minimum atomic E-state index is -0.248. The highest BCUT2D eigenvalue weighted by Crippen LogP contribution is 2.07. The first-order valence-electron chi connectivity index (χ1n) is 6.71. The number of esters is 1. The summed E-state index contributed by atoms with van der Waals surface area (Å²) >= 11 is 0. The fourth-order valence-electron chi connectivity index (χ4n) is 1.86. The average molecular weight is 265 g/mol. The van der Waals surface area contributed by atoms with Gasteiger partial charge in [0.1, 0.15) is 6.04 Å². The van der Waals surface area contributed by atoms with E-state index < -0.39 is 0 Å². The molecule has 1 atom stereocenters. The maximum absolute atomic E-state index is 11.6. The van der Waals surface area contributed by atoms with E-state index in [4.69, 9.17) is 9.84 Å². The van der Waals surface area contributed by atoms with Crippen LogP contribution < -0.4 is 5.32 Å². The second-order valence-corrected chi connectivity index (χ2v) is 4.57. The van der Waals surface area contributed by atoms with Crippen molar-refractivity contribution in [3.05, 3.63) is 35.4 Å². The monoisotopic (exact) mass is 265 g/mol. The van der Waals surface area contributed by atoms with Gasteiger partial charge in [-0.15, -0.1) is 0 Å². The number of carbonyl (C=O) groups is 1. The molecule has 4 heteroatoms. The summed E-state index contributed by atoms with van der Waals surface area (Å²) in [6, 6.07) is 7.42. The van der Waals surface area contributed by atoms with E-state index in [1.807, 2.05) is 24.3 Å². The number of aliphatic hydroxyl groups is 1. The first-order chi connectivity index (χ1) is 9.21. The third-order valence-corrected chi connectivity index (χ3v) is 3.09. The Morgan fingerprint density at radius 3 is 2.47 bits per heavy atom. The molecule has 0 aliphatic carbocycles. The van der Waals surface area contributed by atoms with Gasteiger partial charge >= 0.3 is 5.97 Å². The molecule has 4 nitrogen and oxygen atoms in total. The number of nitrogens with one attached hydrogen (secondary N) is 1. The third kappa shape index (κ3) is 5.41. The van der Waals surface area contributed by atoms with Crippen molar-refractivity contribution in [3.8, 4) is 0 Å². The lowest BCUT2D eigenvalue weighted by atomic mass is 10.1. The molecular weight excluding hydrogens is 242 g/mol. The highest BCUT2D eigenvalue weighted by atomic mass is 16.5. The number of methoxy groups -OCH3 is 1. The van der Waals surface area contributed by atoms with Gasteiger partial charge in [-0.3, -0.25) is 4.79 Å².